The van der Waals surface area contributed by atoms with E-state index in [-0.39, 0.29) is 5.91 Å². The van der Waals surface area contributed by atoms with E-state index in [0.29, 0.717) is 23.8 Å². The zero-order chi connectivity index (χ0) is 17.9. The van der Waals surface area contributed by atoms with Gasteiger partial charge in [0.1, 0.15) is 11.5 Å². The van der Waals surface area contributed by atoms with E-state index in [1.807, 2.05) is 12.1 Å². The van der Waals surface area contributed by atoms with Gasteiger partial charge in [0.15, 0.2) is 12.2 Å². The minimum atomic E-state index is -0.0501. The number of carbonyl (C=O) groups excluding carboxylic acids is 1. The number of pyridine rings is 2. The fraction of sp³-hybridized carbons (Fsp3) is 0.333. The van der Waals surface area contributed by atoms with Crippen LogP contribution < -0.4 is 5.32 Å². The lowest BCUT2D eigenvalue weighted by atomic mass is 10.2. The molecule has 26 heavy (non-hydrogen) atoms. The quantitative estimate of drug-likeness (QED) is 0.761. The van der Waals surface area contributed by atoms with Crippen molar-refractivity contribution in [1.29, 1.82) is 0 Å². The van der Waals surface area contributed by atoms with Crippen LogP contribution in [-0.4, -0.2) is 70.4 Å². The highest BCUT2D eigenvalue weighted by Crippen LogP contribution is 2.22. The van der Waals surface area contributed by atoms with E-state index in [1.54, 1.807) is 18.6 Å². The highest BCUT2D eigenvalue weighted by Gasteiger charge is 2.17. The van der Waals surface area contributed by atoms with Crippen LogP contribution in [0.1, 0.15) is 0 Å². The van der Waals surface area contributed by atoms with Crippen LogP contribution >= 0.6 is 0 Å². The van der Waals surface area contributed by atoms with Crippen LogP contribution in [0.15, 0.2) is 41.5 Å². The lowest BCUT2D eigenvalue weighted by Gasteiger charge is -2.31. The Morgan fingerprint density at radius 3 is 2.69 bits per heavy atom. The maximum atomic E-state index is 12.3. The number of fused-ring (bicyclic) bond motifs is 1. The Morgan fingerprint density at radius 2 is 1.92 bits per heavy atom. The van der Waals surface area contributed by atoms with E-state index >= 15 is 0 Å². The molecule has 0 radical (unpaired) electrons. The van der Waals surface area contributed by atoms with E-state index in [4.69, 9.17) is 4.42 Å². The molecule has 4 heterocycles. The summed E-state index contributed by atoms with van der Waals surface area (Å²) in [5.74, 6) is 1.08. The normalized spacial score (nSPS) is 16.0. The number of piperazine rings is 1. The number of aromatic nitrogens is 3. The summed E-state index contributed by atoms with van der Waals surface area (Å²) in [6.45, 7) is 4.16. The van der Waals surface area contributed by atoms with Crippen LogP contribution in [0.25, 0.3) is 22.2 Å². The fourth-order valence-electron chi connectivity index (χ4n) is 2.97. The third kappa shape index (κ3) is 3.71. The molecule has 0 atom stereocenters. The van der Waals surface area contributed by atoms with Crippen molar-refractivity contribution in [2.75, 3.05) is 45.1 Å². The summed E-state index contributed by atoms with van der Waals surface area (Å²) < 4.78 is 5.29. The molecule has 1 saturated heterocycles. The molecule has 0 saturated carbocycles. The largest absolute Gasteiger partial charge is 0.442 e. The Balaban J connectivity index is 1.47. The highest BCUT2D eigenvalue weighted by atomic mass is 16.3. The number of nitrogens with one attached hydrogen (secondary N) is 1. The Hall–Kier alpha value is -2.84. The van der Waals surface area contributed by atoms with Gasteiger partial charge < -0.3 is 14.6 Å². The lowest BCUT2D eigenvalue weighted by Crippen LogP contribution is -2.47. The van der Waals surface area contributed by atoms with Crippen LogP contribution in [0.4, 0.5) is 5.82 Å². The van der Waals surface area contributed by atoms with Crippen molar-refractivity contribution in [3.05, 3.63) is 37.1 Å². The first-order valence-corrected chi connectivity index (χ1v) is 8.53. The number of rotatable bonds is 4. The van der Waals surface area contributed by atoms with Crippen molar-refractivity contribution in [3.8, 4) is 11.5 Å². The van der Waals surface area contributed by atoms with Crippen LogP contribution in [-0.2, 0) is 4.79 Å². The summed E-state index contributed by atoms with van der Waals surface area (Å²) in [5.41, 5.74) is 0.691. The van der Waals surface area contributed by atoms with E-state index in [0.717, 1.165) is 37.0 Å². The number of nitrogens with zero attached hydrogens (tertiary/aromatic N) is 5. The van der Waals surface area contributed by atoms with Gasteiger partial charge in [0, 0.05) is 44.0 Å². The summed E-state index contributed by atoms with van der Waals surface area (Å²) in [6, 6.07) is 3.74. The number of anilines is 1. The SMILES string of the molecule is CN1CCN(CC(=O)Nc2cc3cc(-c4cnco4)ncc3cn2)CC1. The van der Waals surface area contributed by atoms with Gasteiger partial charge in [0.25, 0.3) is 0 Å². The molecule has 3 aromatic rings. The molecule has 0 aliphatic carbocycles. The average Bonchev–Trinajstić information content (AvgIpc) is 3.18. The maximum absolute atomic E-state index is 12.3. The van der Waals surface area contributed by atoms with Gasteiger partial charge in [-0.1, -0.05) is 0 Å². The zero-order valence-electron chi connectivity index (χ0n) is 14.6. The molecule has 1 N–H and O–H groups in total. The summed E-state index contributed by atoms with van der Waals surface area (Å²) in [4.78, 5) is 29.3. The Labute approximate surface area is 150 Å². The number of oxazole rings is 1. The van der Waals surface area contributed by atoms with Crippen molar-refractivity contribution >= 4 is 22.5 Å². The van der Waals surface area contributed by atoms with Gasteiger partial charge in [0.05, 0.1) is 12.7 Å². The molecule has 0 bridgehead atoms. The summed E-state index contributed by atoms with van der Waals surface area (Å²) in [7, 11) is 2.10. The number of amides is 1. The van der Waals surface area contributed by atoms with Gasteiger partial charge >= 0.3 is 0 Å². The number of carbonyl (C=O) groups is 1. The molecule has 0 unspecified atom stereocenters. The van der Waals surface area contributed by atoms with E-state index in [9.17, 15) is 4.79 Å². The summed E-state index contributed by atoms with van der Waals surface area (Å²) >= 11 is 0. The minimum Gasteiger partial charge on any atom is -0.442 e. The van der Waals surface area contributed by atoms with Crippen molar-refractivity contribution in [3.63, 3.8) is 0 Å². The first kappa shape index (κ1) is 16.6. The molecule has 134 valence electrons. The van der Waals surface area contributed by atoms with Crippen LogP contribution in [0.3, 0.4) is 0 Å². The second-order valence-electron chi connectivity index (χ2n) is 6.48. The van der Waals surface area contributed by atoms with Crippen molar-refractivity contribution < 1.29 is 9.21 Å². The number of hydrogen-bond donors (Lipinski definition) is 1. The first-order valence-electron chi connectivity index (χ1n) is 8.53. The lowest BCUT2D eigenvalue weighted by molar-refractivity contribution is -0.117. The molecule has 8 heteroatoms. The zero-order valence-corrected chi connectivity index (χ0v) is 14.6. The Bertz CT molecular complexity index is 903. The van der Waals surface area contributed by atoms with Gasteiger partial charge in [-0.25, -0.2) is 9.97 Å². The standard InChI is InChI=1S/C18H20N6O2/c1-23-2-4-24(5-3-23)11-18(25)22-17-7-13-6-15(16-10-19-12-26-16)20-8-14(13)9-21-17/h6-10,12H,2-5,11H2,1H3,(H,21,22,25). The average molecular weight is 352 g/mol. The molecule has 1 amide bonds. The van der Waals surface area contributed by atoms with Gasteiger partial charge in [-0.2, -0.15) is 0 Å². The van der Waals surface area contributed by atoms with Crippen LogP contribution in [0.2, 0.25) is 0 Å². The molecule has 1 aliphatic heterocycles. The molecular formula is C18H20N6O2. The Kier molecular flexibility index (Phi) is 4.59. The van der Waals surface area contributed by atoms with Crippen molar-refractivity contribution in [2.24, 2.45) is 0 Å². The monoisotopic (exact) mass is 352 g/mol. The number of likely N-dealkylation sites (N-methyl/N-ethyl adjacent to an activating group) is 1. The van der Waals surface area contributed by atoms with Crippen LogP contribution in [0.5, 0.6) is 0 Å². The maximum Gasteiger partial charge on any atom is 0.239 e. The summed E-state index contributed by atoms with van der Waals surface area (Å²) in [6.07, 6.45) is 6.43. The van der Waals surface area contributed by atoms with E-state index in [2.05, 4.69) is 37.1 Å². The molecular weight excluding hydrogens is 332 g/mol. The predicted octanol–water partition coefficient (Wildman–Crippen LogP) is 1.47. The third-order valence-corrected chi connectivity index (χ3v) is 4.52. The first-order chi connectivity index (χ1) is 12.7. The van der Waals surface area contributed by atoms with Gasteiger partial charge in [0.2, 0.25) is 5.91 Å². The topological polar surface area (TPSA) is 87.4 Å². The van der Waals surface area contributed by atoms with Crippen molar-refractivity contribution in [2.45, 2.75) is 0 Å². The highest BCUT2D eigenvalue weighted by molar-refractivity contribution is 5.94. The van der Waals surface area contributed by atoms with Crippen LogP contribution in [0, 0.1) is 0 Å². The Morgan fingerprint density at radius 1 is 1.12 bits per heavy atom. The van der Waals surface area contributed by atoms with E-state index in [1.165, 1.54) is 6.39 Å². The summed E-state index contributed by atoms with van der Waals surface area (Å²) in [5, 5.41) is 4.71. The molecule has 1 aliphatic rings. The molecule has 1 fully saturated rings. The molecule has 0 aromatic carbocycles. The second-order valence-corrected chi connectivity index (χ2v) is 6.48. The number of hydrogen-bond acceptors (Lipinski definition) is 7. The van der Waals surface area contributed by atoms with Gasteiger partial charge in [-0.05, 0) is 24.6 Å². The molecule has 4 rings (SSSR count). The van der Waals surface area contributed by atoms with Gasteiger partial charge in [-0.15, -0.1) is 0 Å². The van der Waals surface area contributed by atoms with Gasteiger partial charge in [-0.3, -0.25) is 14.7 Å². The third-order valence-electron chi connectivity index (χ3n) is 4.52. The predicted molar refractivity (Wildman–Crippen MR) is 97.6 cm³/mol. The fourth-order valence-corrected chi connectivity index (χ4v) is 2.97. The smallest absolute Gasteiger partial charge is 0.239 e. The molecule has 0 spiro atoms. The van der Waals surface area contributed by atoms with Crippen molar-refractivity contribution in [1.82, 2.24) is 24.8 Å². The minimum absolute atomic E-state index is 0.0501. The second kappa shape index (κ2) is 7.19. The van der Waals surface area contributed by atoms with E-state index < -0.39 is 0 Å². The molecule has 3 aromatic heterocycles. The molecule has 8 nitrogen and oxygen atoms in total.